The number of rotatable bonds is 2. The smallest absolute Gasteiger partial charge is 0.257 e. The average molecular weight is 847 g/mol. The van der Waals surface area contributed by atoms with Crippen molar-refractivity contribution in [2.24, 2.45) is 0 Å². The van der Waals surface area contributed by atoms with Gasteiger partial charge in [-0.25, -0.2) is 0 Å². The van der Waals surface area contributed by atoms with Crippen molar-refractivity contribution < 1.29 is 4.42 Å². The molecular formula is C60H71BN2O. The van der Waals surface area contributed by atoms with E-state index in [0.717, 1.165) is 11.5 Å². The SMILES string of the molecule is CC(C)(C)c1ccc(N2c3ccc(C(C)(C)C)cc3B3c4c2cc(C(C)(C)C)cc4N(c2ccc4c(c2)C(C)(C)CCC4(C)C)c2oc4cc5c(cc4c23)C2(C)CCC5(C)CC2)cc1. The first kappa shape index (κ1) is 42.0. The lowest BCUT2D eigenvalue weighted by atomic mass is 9.33. The first-order chi connectivity index (χ1) is 29.8. The van der Waals surface area contributed by atoms with Crippen molar-refractivity contribution in [3.05, 3.63) is 124 Å². The Morgan fingerprint density at radius 3 is 1.58 bits per heavy atom. The molecule has 4 heteroatoms. The maximum atomic E-state index is 7.61. The van der Waals surface area contributed by atoms with E-state index in [1.165, 1.54) is 122 Å². The van der Waals surface area contributed by atoms with Gasteiger partial charge in [0, 0.05) is 39.3 Å². The molecule has 0 N–H and O–H groups in total. The standard InChI is InChI=1S/C60H71BN2O/c1-54(2,3)36-16-19-39(20-17-36)62-47-23-18-37(55(4,5)6)30-46(47)61-51-41-34-44-45(60(15)28-26-59(44,14)27-29-60)35-50(41)64-53(51)63(49-32-38(56(7,8)9)31-48(62)52(49)61)40-21-22-42-43(33-40)58(12,13)25-24-57(42,10)11/h16-23,30-35H,24-29H2,1-15H3. The van der Waals surface area contributed by atoms with Crippen molar-refractivity contribution in [1.29, 1.82) is 0 Å². The maximum absolute atomic E-state index is 7.61. The van der Waals surface area contributed by atoms with Gasteiger partial charge in [0.15, 0.2) is 0 Å². The number of nitrogens with zero attached hydrogens (tertiary/aromatic N) is 2. The number of benzene rings is 5. The highest BCUT2D eigenvalue weighted by Gasteiger charge is 2.51. The average Bonchev–Trinajstić information content (AvgIpc) is 3.59. The fourth-order valence-corrected chi connectivity index (χ4v) is 12.7. The van der Waals surface area contributed by atoms with Crippen LogP contribution in [0.2, 0.25) is 0 Å². The van der Waals surface area contributed by atoms with Crippen LogP contribution >= 0.6 is 0 Å². The van der Waals surface area contributed by atoms with E-state index in [4.69, 9.17) is 4.42 Å². The second-order valence-corrected chi connectivity index (χ2v) is 25.9. The Labute approximate surface area is 385 Å². The Kier molecular flexibility index (Phi) is 8.53. The highest BCUT2D eigenvalue weighted by atomic mass is 16.4. The predicted octanol–water partition coefficient (Wildman–Crippen LogP) is 14.9. The lowest BCUT2D eigenvalue weighted by Gasteiger charge is -2.52. The van der Waals surface area contributed by atoms with Crippen molar-refractivity contribution in [1.82, 2.24) is 0 Å². The van der Waals surface area contributed by atoms with Gasteiger partial charge >= 0.3 is 0 Å². The quantitative estimate of drug-likeness (QED) is 0.162. The predicted molar refractivity (Wildman–Crippen MR) is 275 cm³/mol. The van der Waals surface area contributed by atoms with E-state index in [2.05, 4.69) is 199 Å². The molecule has 0 atom stereocenters. The zero-order valence-corrected chi connectivity index (χ0v) is 41.7. The van der Waals surface area contributed by atoms with Crippen LogP contribution in [-0.4, -0.2) is 6.71 Å². The van der Waals surface area contributed by atoms with Gasteiger partial charge in [0.25, 0.3) is 6.71 Å². The molecule has 2 bridgehead atoms. The van der Waals surface area contributed by atoms with Gasteiger partial charge in [0.1, 0.15) is 5.58 Å². The molecule has 64 heavy (non-hydrogen) atoms. The molecule has 3 heterocycles. The van der Waals surface area contributed by atoms with Crippen molar-refractivity contribution in [3.63, 3.8) is 0 Å². The molecule has 6 aromatic rings. The zero-order valence-electron chi connectivity index (χ0n) is 41.7. The Morgan fingerprint density at radius 2 is 0.984 bits per heavy atom. The largest absolute Gasteiger partial charge is 0.440 e. The minimum atomic E-state index is -0.107. The van der Waals surface area contributed by atoms with Crippen LogP contribution in [0.25, 0.3) is 11.0 Å². The lowest BCUT2D eigenvalue weighted by molar-refractivity contribution is 0.188. The summed E-state index contributed by atoms with van der Waals surface area (Å²) in [6.07, 6.45) is 7.36. The van der Waals surface area contributed by atoms with Crippen molar-refractivity contribution >= 4 is 68.4 Å². The maximum Gasteiger partial charge on any atom is 0.257 e. The van der Waals surface area contributed by atoms with E-state index in [9.17, 15) is 0 Å². The lowest BCUT2D eigenvalue weighted by Crippen LogP contribution is -2.61. The molecule has 1 fully saturated rings. The van der Waals surface area contributed by atoms with Gasteiger partial charge in [-0.05, 0) is 181 Å². The molecule has 1 aromatic heterocycles. The van der Waals surface area contributed by atoms with Crippen molar-refractivity contribution in [2.75, 3.05) is 9.80 Å². The first-order valence-corrected chi connectivity index (χ1v) is 24.6. The number of hydrogen-bond acceptors (Lipinski definition) is 3. The van der Waals surface area contributed by atoms with Gasteiger partial charge < -0.3 is 9.32 Å². The summed E-state index contributed by atoms with van der Waals surface area (Å²) >= 11 is 0. The topological polar surface area (TPSA) is 19.6 Å². The molecule has 6 aliphatic rings. The molecule has 0 amide bonds. The molecule has 2 aliphatic heterocycles. The van der Waals surface area contributed by atoms with Gasteiger partial charge in [-0.15, -0.1) is 0 Å². The number of furan rings is 1. The monoisotopic (exact) mass is 847 g/mol. The van der Waals surface area contributed by atoms with E-state index >= 15 is 0 Å². The fourth-order valence-electron chi connectivity index (χ4n) is 12.7. The Hall–Kier alpha value is -4.70. The van der Waals surface area contributed by atoms with Gasteiger partial charge in [0.05, 0.1) is 0 Å². The minimum Gasteiger partial charge on any atom is -0.440 e. The van der Waals surface area contributed by atoms with Gasteiger partial charge in [-0.1, -0.05) is 134 Å². The Morgan fingerprint density at radius 1 is 0.453 bits per heavy atom. The van der Waals surface area contributed by atoms with Gasteiger partial charge in [-0.2, -0.15) is 0 Å². The van der Waals surface area contributed by atoms with Crippen molar-refractivity contribution in [3.8, 4) is 0 Å². The molecule has 0 saturated heterocycles. The van der Waals surface area contributed by atoms with Crippen LogP contribution < -0.4 is 26.2 Å². The molecule has 3 nitrogen and oxygen atoms in total. The van der Waals surface area contributed by atoms with E-state index in [1.54, 1.807) is 5.56 Å². The molecule has 330 valence electrons. The van der Waals surface area contributed by atoms with Crippen LogP contribution in [0, 0.1) is 0 Å². The molecule has 4 aliphatic carbocycles. The van der Waals surface area contributed by atoms with Crippen LogP contribution in [0.5, 0.6) is 0 Å². The fraction of sp³-hybridized carbons (Fsp3) is 0.467. The van der Waals surface area contributed by atoms with E-state index in [-0.39, 0.29) is 44.6 Å². The molecule has 0 spiro atoms. The molecular weight excluding hydrogens is 775 g/mol. The summed E-state index contributed by atoms with van der Waals surface area (Å²) in [6, 6.07) is 34.5. The Balaban J connectivity index is 1.28. The molecule has 5 aromatic carbocycles. The van der Waals surface area contributed by atoms with Gasteiger partial charge in [0.2, 0.25) is 5.88 Å². The summed E-state index contributed by atoms with van der Waals surface area (Å²) in [5.41, 5.74) is 21.8. The van der Waals surface area contributed by atoms with Crippen molar-refractivity contribution in [2.45, 2.75) is 180 Å². The third-order valence-electron chi connectivity index (χ3n) is 17.4. The van der Waals surface area contributed by atoms with Gasteiger partial charge in [-0.3, -0.25) is 4.90 Å². The normalized spacial score (nSPS) is 22.8. The minimum absolute atomic E-state index is 0.0239. The summed E-state index contributed by atoms with van der Waals surface area (Å²) in [7, 11) is 0. The van der Waals surface area contributed by atoms with Crippen LogP contribution in [-0.2, 0) is 37.9 Å². The highest BCUT2D eigenvalue weighted by Crippen LogP contribution is 2.58. The molecule has 12 rings (SSSR count). The summed E-state index contributed by atoms with van der Waals surface area (Å²) in [5, 5.41) is 1.28. The molecule has 1 saturated carbocycles. The first-order valence-electron chi connectivity index (χ1n) is 24.6. The molecule has 0 radical (unpaired) electrons. The van der Waals surface area contributed by atoms with E-state index in [1.807, 2.05) is 0 Å². The van der Waals surface area contributed by atoms with Crippen LogP contribution in [0.4, 0.5) is 34.3 Å². The zero-order chi connectivity index (χ0) is 45.5. The third-order valence-corrected chi connectivity index (χ3v) is 17.4. The van der Waals surface area contributed by atoms with E-state index in [0.29, 0.717) is 0 Å². The second-order valence-electron chi connectivity index (χ2n) is 25.9. The number of fused-ring (bicyclic) bond motifs is 9. The molecule has 0 unspecified atom stereocenters. The van der Waals surface area contributed by atoms with Crippen LogP contribution in [0.15, 0.2) is 89.3 Å². The summed E-state index contributed by atoms with van der Waals surface area (Å²) in [4.78, 5) is 5.17. The summed E-state index contributed by atoms with van der Waals surface area (Å²) in [6.45, 7) is 36.0. The second kappa shape index (κ2) is 13.0. The van der Waals surface area contributed by atoms with E-state index < -0.39 is 0 Å². The number of hydrogen-bond donors (Lipinski definition) is 0. The highest BCUT2D eigenvalue weighted by molar-refractivity contribution is 7.01. The summed E-state index contributed by atoms with van der Waals surface area (Å²) < 4.78 is 7.61. The Bertz CT molecular complexity index is 2930. The summed E-state index contributed by atoms with van der Waals surface area (Å²) in [5.74, 6) is 0.984. The van der Waals surface area contributed by atoms with Crippen LogP contribution in [0.1, 0.15) is 181 Å². The number of anilines is 6. The third kappa shape index (κ3) is 5.98. The van der Waals surface area contributed by atoms with Crippen LogP contribution in [0.3, 0.4) is 0 Å².